The number of thioether (sulfide) groups is 1. The van der Waals surface area contributed by atoms with Gasteiger partial charge in [0.05, 0.1) is 16.9 Å². The number of H-pyrrole nitrogens is 1. The highest BCUT2D eigenvalue weighted by molar-refractivity contribution is 8.00. The van der Waals surface area contributed by atoms with Crippen LogP contribution in [0.1, 0.15) is 41.2 Å². The number of rotatable bonds is 9. The SMILES string of the molecule is Cc1cccc(NC(=O)COc2cccc([C@H]3c4sc(=O)[nH]c4SC4C5CC(C6C(=O)N(CCCC(=O)O)C(=O)C56)C43)c2)c1. The lowest BCUT2D eigenvalue weighted by atomic mass is 9.68. The lowest BCUT2D eigenvalue weighted by Gasteiger charge is -2.43. The van der Waals surface area contributed by atoms with Crippen molar-refractivity contribution < 1.29 is 29.0 Å². The van der Waals surface area contributed by atoms with Crippen LogP contribution in [-0.2, 0) is 19.2 Å². The molecule has 6 unspecified atom stereocenters. The van der Waals surface area contributed by atoms with Gasteiger partial charge in [0, 0.05) is 34.7 Å². The number of aromatic nitrogens is 1. The van der Waals surface area contributed by atoms with Gasteiger partial charge >= 0.3 is 10.8 Å². The normalized spacial score (nSPS) is 28.0. The van der Waals surface area contributed by atoms with Crippen LogP contribution < -0.4 is 14.9 Å². The number of aromatic amines is 1. The highest BCUT2D eigenvalue weighted by atomic mass is 32.2. The third kappa shape index (κ3) is 4.93. The van der Waals surface area contributed by atoms with Crippen LogP contribution in [0, 0.1) is 36.5 Å². The summed E-state index contributed by atoms with van der Waals surface area (Å²) in [6, 6.07) is 15.1. The van der Waals surface area contributed by atoms with Gasteiger partial charge in [-0.25, -0.2) is 0 Å². The van der Waals surface area contributed by atoms with E-state index in [9.17, 15) is 24.0 Å². The van der Waals surface area contributed by atoms with Crippen LogP contribution in [0.25, 0.3) is 0 Å². The summed E-state index contributed by atoms with van der Waals surface area (Å²) in [5.74, 6) is -2.10. The van der Waals surface area contributed by atoms with Crippen LogP contribution in [-0.4, -0.2) is 57.1 Å². The number of carboxylic acids is 1. The van der Waals surface area contributed by atoms with Crippen molar-refractivity contribution in [1.29, 1.82) is 0 Å². The number of thiazole rings is 1. The van der Waals surface area contributed by atoms with Crippen LogP contribution in [0.15, 0.2) is 58.4 Å². The lowest BCUT2D eigenvalue weighted by molar-refractivity contribution is -0.142. The molecule has 10 nitrogen and oxygen atoms in total. The molecular weight excluding hydrogens is 603 g/mol. The zero-order valence-electron chi connectivity index (χ0n) is 23.9. The number of nitrogens with one attached hydrogen (secondary N) is 2. The predicted molar refractivity (Wildman–Crippen MR) is 164 cm³/mol. The summed E-state index contributed by atoms with van der Waals surface area (Å²) >= 11 is 2.80. The average molecular weight is 634 g/mol. The molecule has 3 N–H and O–H groups in total. The number of ether oxygens (including phenoxy) is 1. The van der Waals surface area contributed by atoms with E-state index in [2.05, 4.69) is 10.3 Å². The molecular formula is C32H31N3O7S2. The number of aliphatic carboxylic acids is 1. The zero-order chi connectivity index (χ0) is 30.7. The van der Waals surface area contributed by atoms with Crippen molar-refractivity contribution in [3.63, 3.8) is 0 Å². The first kappa shape index (κ1) is 28.8. The molecule has 7 atom stereocenters. The van der Waals surface area contributed by atoms with Crippen LogP contribution in [0.3, 0.4) is 0 Å². The van der Waals surface area contributed by atoms with Gasteiger partial charge in [-0.05, 0) is 72.9 Å². The minimum Gasteiger partial charge on any atom is -0.484 e. The summed E-state index contributed by atoms with van der Waals surface area (Å²) in [4.78, 5) is 68.4. The summed E-state index contributed by atoms with van der Waals surface area (Å²) in [7, 11) is 0. The molecule has 3 amide bonds. The molecule has 2 bridgehead atoms. The molecule has 3 aromatic rings. The minimum atomic E-state index is -0.951. The van der Waals surface area contributed by atoms with Crippen molar-refractivity contribution in [1.82, 2.24) is 9.88 Å². The number of hydrogen-bond acceptors (Lipinski definition) is 8. The molecule has 12 heteroatoms. The van der Waals surface area contributed by atoms with E-state index >= 15 is 0 Å². The number of carboxylic acid groups (broad SMARTS) is 1. The fraction of sp³-hybridized carbons (Fsp3) is 0.406. The second kappa shape index (κ2) is 11.2. The van der Waals surface area contributed by atoms with Crippen LogP contribution >= 0.6 is 23.1 Å². The molecule has 228 valence electrons. The van der Waals surface area contributed by atoms with E-state index in [0.717, 1.165) is 27.5 Å². The Balaban J connectivity index is 1.14. The molecule has 2 aliphatic carbocycles. The number of anilines is 1. The number of imide groups is 1. The van der Waals surface area contributed by atoms with Gasteiger partial charge in [0.2, 0.25) is 11.8 Å². The predicted octanol–water partition coefficient (Wildman–Crippen LogP) is 4.10. The third-order valence-corrected chi connectivity index (χ3v) is 12.1. The molecule has 3 heterocycles. The van der Waals surface area contributed by atoms with Gasteiger partial charge < -0.3 is 20.1 Å². The fourth-order valence-electron chi connectivity index (χ4n) is 7.93. The fourth-order valence-corrected chi connectivity index (χ4v) is 10.8. The van der Waals surface area contributed by atoms with E-state index in [1.807, 2.05) is 49.4 Å². The first-order valence-corrected chi connectivity index (χ1v) is 16.4. The van der Waals surface area contributed by atoms with Gasteiger partial charge in [0.1, 0.15) is 5.75 Å². The molecule has 7 rings (SSSR count). The van der Waals surface area contributed by atoms with Gasteiger partial charge in [-0.2, -0.15) is 0 Å². The Morgan fingerprint density at radius 2 is 1.84 bits per heavy atom. The number of benzene rings is 2. The number of hydrogen-bond donors (Lipinski definition) is 3. The van der Waals surface area contributed by atoms with Crippen molar-refractivity contribution in [2.75, 3.05) is 18.5 Å². The monoisotopic (exact) mass is 633 g/mol. The summed E-state index contributed by atoms with van der Waals surface area (Å²) in [6.07, 6.45) is 0.908. The topological polar surface area (TPSA) is 146 Å². The standard InChI is InChI=1S/C32H31N3O7S2/c1-15-5-2-7-17(11-15)33-21(36)14-42-18-8-3-6-16(12-18)23-24-19-13-20(27(24)43-29-28(23)44-32(41)34-29)26-25(19)30(39)35(31(26)40)10-4-9-22(37)38/h2-3,5-8,11-12,19-20,23-27H,4,9-10,13-14H2,1H3,(H,33,36)(H,34,41)(H,37,38)/t19?,20?,23-,24?,25?,26?,27?/m1/s1. The molecule has 2 saturated carbocycles. The second-order valence-corrected chi connectivity index (χ2v) is 14.3. The zero-order valence-corrected chi connectivity index (χ0v) is 25.5. The van der Waals surface area contributed by atoms with Gasteiger partial charge in [-0.1, -0.05) is 35.6 Å². The van der Waals surface area contributed by atoms with Gasteiger partial charge in [-0.3, -0.25) is 28.9 Å². The maximum atomic E-state index is 13.6. The summed E-state index contributed by atoms with van der Waals surface area (Å²) < 4.78 is 5.91. The number of carbonyl (C=O) groups excluding carboxylic acids is 3. The summed E-state index contributed by atoms with van der Waals surface area (Å²) in [5, 5.41) is 12.8. The quantitative estimate of drug-likeness (QED) is 0.299. The Labute approximate surface area is 261 Å². The first-order valence-electron chi connectivity index (χ1n) is 14.8. The Morgan fingerprint density at radius 1 is 1.07 bits per heavy atom. The molecule has 3 fully saturated rings. The number of likely N-dealkylation sites (tertiary alicyclic amines) is 1. The number of aryl methyl sites for hydroxylation is 1. The molecule has 44 heavy (non-hydrogen) atoms. The second-order valence-electron chi connectivity index (χ2n) is 12.1. The van der Waals surface area contributed by atoms with E-state index in [-0.39, 0.29) is 77.5 Å². The van der Waals surface area contributed by atoms with E-state index in [1.165, 1.54) is 16.2 Å². The Hall–Kier alpha value is -3.90. The largest absolute Gasteiger partial charge is 0.484 e. The smallest absolute Gasteiger partial charge is 0.305 e. The molecule has 4 aliphatic rings. The number of fused-ring (bicyclic) bond motifs is 9. The summed E-state index contributed by atoms with van der Waals surface area (Å²) in [6.45, 7) is 1.91. The Morgan fingerprint density at radius 3 is 2.61 bits per heavy atom. The first-order chi connectivity index (χ1) is 21.2. The van der Waals surface area contributed by atoms with Crippen molar-refractivity contribution in [2.24, 2.45) is 29.6 Å². The van der Waals surface area contributed by atoms with Crippen molar-refractivity contribution in [2.45, 2.75) is 42.4 Å². The minimum absolute atomic E-state index is 0.00951. The van der Waals surface area contributed by atoms with Crippen molar-refractivity contribution >= 4 is 52.5 Å². The molecule has 1 aromatic heterocycles. The maximum Gasteiger partial charge on any atom is 0.305 e. The number of nitrogens with zero attached hydrogens (tertiary/aromatic N) is 1. The third-order valence-electron chi connectivity index (χ3n) is 9.48. The Kier molecular flexibility index (Phi) is 7.36. The number of carbonyl (C=O) groups is 4. The number of amides is 3. The summed E-state index contributed by atoms with van der Waals surface area (Å²) in [5.41, 5.74) is 2.67. The highest BCUT2D eigenvalue weighted by Crippen LogP contribution is 2.68. The van der Waals surface area contributed by atoms with E-state index < -0.39 is 17.8 Å². The Bertz CT molecular complexity index is 1730. The van der Waals surface area contributed by atoms with Crippen molar-refractivity contribution in [3.8, 4) is 5.75 Å². The van der Waals surface area contributed by atoms with Crippen LogP contribution in [0.4, 0.5) is 5.69 Å². The molecule has 0 spiro atoms. The average Bonchev–Trinajstić information content (AvgIpc) is 3.72. The van der Waals surface area contributed by atoms with Gasteiger partial charge in [-0.15, -0.1) is 11.8 Å². The molecule has 2 aromatic carbocycles. The molecule has 2 aliphatic heterocycles. The van der Waals surface area contributed by atoms with E-state index in [1.54, 1.807) is 17.8 Å². The maximum absolute atomic E-state index is 13.6. The van der Waals surface area contributed by atoms with Crippen LogP contribution in [0.5, 0.6) is 5.75 Å². The van der Waals surface area contributed by atoms with Gasteiger partial charge in [0.15, 0.2) is 6.61 Å². The van der Waals surface area contributed by atoms with E-state index in [0.29, 0.717) is 11.4 Å². The molecule has 0 radical (unpaired) electrons. The lowest BCUT2D eigenvalue weighted by Crippen LogP contribution is -2.42. The molecule has 1 saturated heterocycles. The van der Waals surface area contributed by atoms with Crippen molar-refractivity contribution in [3.05, 3.63) is 74.2 Å². The van der Waals surface area contributed by atoms with Gasteiger partial charge in [0.25, 0.3) is 5.91 Å². The van der Waals surface area contributed by atoms with Crippen LogP contribution in [0.2, 0.25) is 0 Å². The van der Waals surface area contributed by atoms with E-state index in [4.69, 9.17) is 9.84 Å². The highest BCUT2D eigenvalue weighted by Gasteiger charge is 2.69.